The van der Waals surface area contributed by atoms with Gasteiger partial charge in [0.2, 0.25) is 10.0 Å². The summed E-state index contributed by atoms with van der Waals surface area (Å²) >= 11 is 6.20. The molecule has 118 valence electrons. The molecule has 0 aliphatic heterocycles. The Morgan fingerprint density at radius 1 is 1.29 bits per heavy atom. The van der Waals surface area contributed by atoms with Crippen molar-refractivity contribution in [1.29, 1.82) is 0 Å². The van der Waals surface area contributed by atoms with Crippen LogP contribution in [0, 0.1) is 5.41 Å². The minimum atomic E-state index is -3.51. The van der Waals surface area contributed by atoms with Gasteiger partial charge in [0.05, 0.1) is 4.90 Å². The number of halogens is 1. The molecular weight excluding hydrogens is 308 g/mol. The number of sulfonamides is 1. The first-order valence-electron chi connectivity index (χ1n) is 7.19. The first kappa shape index (κ1) is 16.7. The van der Waals surface area contributed by atoms with E-state index in [1.807, 2.05) is 20.8 Å². The van der Waals surface area contributed by atoms with E-state index in [4.69, 9.17) is 11.6 Å². The molecular formula is C15H23ClN2O2S. The van der Waals surface area contributed by atoms with E-state index >= 15 is 0 Å². The molecule has 2 rings (SSSR count). The first-order valence-corrected chi connectivity index (χ1v) is 9.05. The lowest BCUT2D eigenvalue weighted by Gasteiger charge is -2.19. The van der Waals surface area contributed by atoms with Gasteiger partial charge >= 0.3 is 0 Å². The Bertz CT molecular complexity index is 605. The van der Waals surface area contributed by atoms with E-state index in [1.54, 1.807) is 12.1 Å². The van der Waals surface area contributed by atoms with Crippen LogP contribution in [-0.4, -0.2) is 21.0 Å². The summed E-state index contributed by atoms with van der Waals surface area (Å²) in [6, 6.07) is 5.51. The molecule has 1 aliphatic carbocycles. The summed E-state index contributed by atoms with van der Waals surface area (Å²) in [4.78, 5) is 0.215. The molecule has 1 aromatic carbocycles. The SMILES string of the molecule is CC(C)(C)CNS(=O)(=O)c1ccc(CNC2CC2)c(Cl)c1. The number of benzene rings is 1. The van der Waals surface area contributed by atoms with Crippen molar-refractivity contribution in [3.05, 3.63) is 28.8 Å². The Balaban J connectivity index is 2.06. The van der Waals surface area contributed by atoms with Crippen molar-refractivity contribution in [2.75, 3.05) is 6.54 Å². The van der Waals surface area contributed by atoms with Crippen LogP contribution in [0.5, 0.6) is 0 Å². The molecule has 4 nitrogen and oxygen atoms in total. The van der Waals surface area contributed by atoms with Crippen molar-refractivity contribution in [3.63, 3.8) is 0 Å². The van der Waals surface area contributed by atoms with Crippen LogP contribution in [0.4, 0.5) is 0 Å². The second-order valence-electron chi connectivity index (χ2n) is 6.79. The van der Waals surface area contributed by atoms with Gasteiger partial charge < -0.3 is 5.32 Å². The zero-order valence-corrected chi connectivity index (χ0v) is 14.3. The first-order chi connectivity index (χ1) is 9.67. The fourth-order valence-electron chi connectivity index (χ4n) is 1.78. The maximum atomic E-state index is 12.2. The summed E-state index contributed by atoms with van der Waals surface area (Å²) in [5.41, 5.74) is 0.823. The quantitative estimate of drug-likeness (QED) is 0.843. The second-order valence-corrected chi connectivity index (χ2v) is 8.97. The van der Waals surface area contributed by atoms with Crippen molar-refractivity contribution in [1.82, 2.24) is 10.0 Å². The van der Waals surface area contributed by atoms with Gasteiger partial charge in [-0.25, -0.2) is 13.1 Å². The van der Waals surface area contributed by atoms with Gasteiger partial charge in [0, 0.05) is 24.2 Å². The van der Waals surface area contributed by atoms with Crippen LogP contribution < -0.4 is 10.0 Å². The van der Waals surface area contributed by atoms with Crippen LogP contribution >= 0.6 is 11.6 Å². The van der Waals surface area contributed by atoms with Crippen molar-refractivity contribution >= 4 is 21.6 Å². The van der Waals surface area contributed by atoms with Crippen molar-refractivity contribution in [2.24, 2.45) is 5.41 Å². The fourth-order valence-corrected chi connectivity index (χ4v) is 3.40. The summed E-state index contributed by atoms with van der Waals surface area (Å²) in [7, 11) is -3.51. The minimum absolute atomic E-state index is 0.106. The molecule has 6 heteroatoms. The number of rotatable bonds is 6. The van der Waals surface area contributed by atoms with E-state index in [9.17, 15) is 8.42 Å². The summed E-state index contributed by atoms with van der Waals surface area (Å²) < 4.78 is 27.1. The molecule has 1 aliphatic rings. The summed E-state index contributed by atoms with van der Waals surface area (Å²) in [6.45, 7) is 7.01. The van der Waals surface area contributed by atoms with Gasteiger partial charge in [0.15, 0.2) is 0 Å². The van der Waals surface area contributed by atoms with Crippen LogP contribution in [0.25, 0.3) is 0 Å². The molecule has 1 fully saturated rings. The van der Waals surface area contributed by atoms with Gasteiger partial charge in [-0.1, -0.05) is 38.4 Å². The van der Waals surface area contributed by atoms with Crippen LogP contribution in [0.15, 0.2) is 23.1 Å². The highest BCUT2D eigenvalue weighted by Crippen LogP contribution is 2.24. The molecule has 2 N–H and O–H groups in total. The molecule has 0 heterocycles. The smallest absolute Gasteiger partial charge is 0.240 e. The maximum Gasteiger partial charge on any atom is 0.240 e. The average Bonchev–Trinajstić information content (AvgIpc) is 3.18. The van der Waals surface area contributed by atoms with Crippen molar-refractivity contribution in [3.8, 4) is 0 Å². The molecule has 0 radical (unpaired) electrons. The Morgan fingerprint density at radius 2 is 1.95 bits per heavy atom. The van der Waals surface area contributed by atoms with Gasteiger partial charge in [-0.05, 0) is 36.0 Å². The van der Waals surface area contributed by atoms with Gasteiger partial charge in [0.1, 0.15) is 0 Å². The van der Waals surface area contributed by atoms with Gasteiger partial charge in [-0.15, -0.1) is 0 Å². The third-order valence-electron chi connectivity index (χ3n) is 3.29. The molecule has 21 heavy (non-hydrogen) atoms. The van der Waals surface area contributed by atoms with Crippen LogP contribution in [-0.2, 0) is 16.6 Å². The molecule has 0 saturated heterocycles. The molecule has 1 saturated carbocycles. The van der Waals surface area contributed by atoms with Crippen LogP contribution in [0.2, 0.25) is 5.02 Å². The second kappa shape index (κ2) is 6.24. The largest absolute Gasteiger partial charge is 0.310 e. The van der Waals surface area contributed by atoms with E-state index in [0.717, 1.165) is 5.56 Å². The Morgan fingerprint density at radius 3 is 2.48 bits per heavy atom. The monoisotopic (exact) mass is 330 g/mol. The highest BCUT2D eigenvalue weighted by atomic mass is 35.5. The third-order valence-corrected chi connectivity index (χ3v) is 5.04. The molecule has 0 unspecified atom stereocenters. The Labute approximate surface area is 132 Å². The number of hydrogen-bond donors (Lipinski definition) is 2. The minimum Gasteiger partial charge on any atom is -0.310 e. The molecule has 0 atom stereocenters. The highest BCUT2D eigenvalue weighted by Gasteiger charge is 2.22. The van der Waals surface area contributed by atoms with Crippen molar-refractivity contribution < 1.29 is 8.42 Å². The summed E-state index contributed by atoms with van der Waals surface area (Å²) in [5, 5.41) is 3.86. The maximum absolute atomic E-state index is 12.2. The predicted molar refractivity (Wildman–Crippen MR) is 86.0 cm³/mol. The molecule has 0 bridgehead atoms. The number of nitrogens with one attached hydrogen (secondary N) is 2. The van der Waals surface area contributed by atoms with Gasteiger partial charge in [-0.3, -0.25) is 0 Å². The molecule has 0 amide bonds. The van der Waals surface area contributed by atoms with Gasteiger partial charge in [-0.2, -0.15) is 0 Å². The summed E-state index contributed by atoms with van der Waals surface area (Å²) in [6.07, 6.45) is 2.42. The lowest BCUT2D eigenvalue weighted by atomic mass is 9.98. The molecule has 0 aromatic heterocycles. The lowest BCUT2D eigenvalue weighted by Crippen LogP contribution is -2.32. The van der Waals surface area contributed by atoms with E-state index < -0.39 is 10.0 Å². The Kier molecular flexibility index (Phi) is 4.98. The predicted octanol–water partition coefficient (Wildman–Crippen LogP) is 2.92. The summed E-state index contributed by atoms with van der Waals surface area (Å²) in [5.74, 6) is 0. The number of hydrogen-bond acceptors (Lipinski definition) is 3. The molecule has 0 spiro atoms. The normalized spacial score (nSPS) is 16.2. The topological polar surface area (TPSA) is 58.2 Å². The highest BCUT2D eigenvalue weighted by molar-refractivity contribution is 7.89. The standard InChI is InChI=1S/C15H23ClN2O2S/c1-15(2,3)10-18-21(19,20)13-7-4-11(14(16)8-13)9-17-12-5-6-12/h4,7-8,12,17-18H,5-6,9-10H2,1-3H3. The van der Waals surface area contributed by atoms with E-state index in [-0.39, 0.29) is 10.3 Å². The van der Waals surface area contributed by atoms with Crippen LogP contribution in [0.1, 0.15) is 39.2 Å². The van der Waals surface area contributed by atoms with Crippen molar-refractivity contribution in [2.45, 2.75) is 51.1 Å². The zero-order valence-electron chi connectivity index (χ0n) is 12.7. The Hall–Kier alpha value is -0.620. The van der Waals surface area contributed by atoms with Gasteiger partial charge in [0.25, 0.3) is 0 Å². The van der Waals surface area contributed by atoms with E-state index in [0.29, 0.717) is 24.2 Å². The fraction of sp³-hybridized carbons (Fsp3) is 0.600. The average molecular weight is 331 g/mol. The van der Waals surface area contributed by atoms with Crippen LogP contribution in [0.3, 0.4) is 0 Å². The zero-order chi connectivity index (χ0) is 15.7. The van der Waals surface area contributed by atoms with E-state index in [1.165, 1.54) is 18.9 Å². The third kappa shape index (κ3) is 5.25. The van der Waals surface area contributed by atoms with E-state index in [2.05, 4.69) is 10.0 Å². The lowest BCUT2D eigenvalue weighted by molar-refractivity contribution is 0.407. The molecule has 1 aromatic rings.